The van der Waals surface area contributed by atoms with E-state index in [1.165, 1.54) is 0 Å². The molecule has 0 aromatic carbocycles. The van der Waals surface area contributed by atoms with Crippen LogP contribution in [-0.2, 0) is 38.0 Å². The highest BCUT2D eigenvalue weighted by atomic mass is 16.6. The fourth-order valence-electron chi connectivity index (χ4n) is 1.27. The van der Waals surface area contributed by atoms with Crippen LogP contribution in [0.25, 0.3) is 0 Å². The molecule has 0 bridgehead atoms. The Morgan fingerprint density at radius 1 is 0.500 bits per heavy atom. The zero-order valence-electron chi connectivity index (χ0n) is 11.3. The second-order valence-corrected chi connectivity index (χ2v) is 3.77. The van der Waals surface area contributed by atoms with Gasteiger partial charge in [-0.25, -0.2) is 9.59 Å². The average molecular weight is 292 g/mol. The van der Waals surface area contributed by atoms with E-state index in [1.807, 2.05) is 0 Å². The van der Waals surface area contributed by atoms with Gasteiger partial charge in [0.25, 0.3) is 0 Å². The van der Waals surface area contributed by atoms with E-state index < -0.39 is 11.9 Å². The first kappa shape index (κ1) is 16.8. The second-order valence-electron chi connectivity index (χ2n) is 3.77. The lowest BCUT2D eigenvalue weighted by Crippen LogP contribution is -2.21. The van der Waals surface area contributed by atoms with Crippen LogP contribution < -0.4 is 0 Å². The Morgan fingerprint density at radius 2 is 0.850 bits per heavy atom. The molecule has 1 aliphatic rings. The summed E-state index contributed by atoms with van der Waals surface area (Å²) >= 11 is 0. The predicted molar refractivity (Wildman–Crippen MR) is 65.2 cm³/mol. The van der Waals surface area contributed by atoms with Gasteiger partial charge in [-0.15, -0.1) is 0 Å². The topological polar surface area (TPSA) is 89.5 Å². The SMILES string of the molecule is O=C1COCC(=O)OCCOCCOCCOCCO1. The van der Waals surface area contributed by atoms with Crippen molar-refractivity contribution in [1.29, 1.82) is 0 Å². The van der Waals surface area contributed by atoms with Crippen LogP contribution in [0.2, 0.25) is 0 Å². The molecular formula is C12H20O8. The van der Waals surface area contributed by atoms with E-state index in [9.17, 15) is 9.59 Å². The van der Waals surface area contributed by atoms with Gasteiger partial charge < -0.3 is 28.4 Å². The van der Waals surface area contributed by atoms with Crippen LogP contribution in [-0.4, -0.2) is 78.0 Å². The summed E-state index contributed by atoms with van der Waals surface area (Å²) in [5.41, 5.74) is 0. The molecule has 1 fully saturated rings. The molecule has 0 aliphatic carbocycles. The second kappa shape index (κ2) is 11.6. The lowest BCUT2D eigenvalue weighted by atomic mass is 10.6. The van der Waals surface area contributed by atoms with E-state index in [4.69, 9.17) is 28.4 Å². The number of carbonyl (C=O) groups is 2. The van der Waals surface area contributed by atoms with Crippen molar-refractivity contribution in [2.24, 2.45) is 0 Å². The van der Waals surface area contributed by atoms with Crippen molar-refractivity contribution in [1.82, 2.24) is 0 Å². The van der Waals surface area contributed by atoms with Crippen LogP contribution in [0.15, 0.2) is 0 Å². The van der Waals surface area contributed by atoms with Gasteiger partial charge in [-0.05, 0) is 0 Å². The Kier molecular flexibility index (Phi) is 9.76. The molecule has 0 atom stereocenters. The van der Waals surface area contributed by atoms with E-state index in [1.54, 1.807) is 0 Å². The number of cyclic esters (lactones) is 2. The minimum atomic E-state index is -0.554. The molecule has 0 radical (unpaired) electrons. The summed E-state index contributed by atoms with van der Waals surface area (Å²) in [5.74, 6) is -1.11. The van der Waals surface area contributed by atoms with Crippen LogP contribution in [0.4, 0.5) is 0 Å². The summed E-state index contributed by atoms with van der Waals surface area (Å²) < 4.78 is 30.1. The summed E-state index contributed by atoms with van der Waals surface area (Å²) in [7, 11) is 0. The van der Waals surface area contributed by atoms with Crippen molar-refractivity contribution in [3.63, 3.8) is 0 Å². The van der Waals surface area contributed by atoms with Crippen molar-refractivity contribution in [2.75, 3.05) is 66.1 Å². The van der Waals surface area contributed by atoms with E-state index >= 15 is 0 Å². The van der Waals surface area contributed by atoms with E-state index in [0.29, 0.717) is 26.4 Å². The summed E-state index contributed by atoms with van der Waals surface area (Å²) in [6.07, 6.45) is 0. The molecule has 0 saturated carbocycles. The van der Waals surface area contributed by atoms with Gasteiger partial charge in [0, 0.05) is 0 Å². The quantitative estimate of drug-likeness (QED) is 0.534. The van der Waals surface area contributed by atoms with E-state index in [2.05, 4.69) is 0 Å². The molecule has 116 valence electrons. The molecule has 0 aromatic heterocycles. The third-order valence-corrected chi connectivity index (χ3v) is 2.17. The lowest BCUT2D eigenvalue weighted by Gasteiger charge is -2.09. The molecule has 1 heterocycles. The Morgan fingerprint density at radius 3 is 1.25 bits per heavy atom. The largest absolute Gasteiger partial charge is 0.462 e. The summed E-state index contributed by atoms with van der Waals surface area (Å²) in [6, 6.07) is 0. The Balaban J connectivity index is 2.20. The Hall–Kier alpha value is -1.22. The van der Waals surface area contributed by atoms with Gasteiger partial charge in [-0.1, -0.05) is 0 Å². The number of hydrogen-bond donors (Lipinski definition) is 0. The molecule has 1 aliphatic heterocycles. The zero-order valence-corrected chi connectivity index (χ0v) is 11.3. The first-order valence-electron chi connectivity index (χ1n) is 6.41. The highest BCUT2D eigenvalue weighted by Crippen LogP contribution is 1.88. The van der Waals surface area contributed by atoms with E-state index in [0.717, 1.165) is 0 Å². The highest BCUT2D eigenvalue weighted by Gasteiger charge is 2.07. The molecule has 8 nitrogen and oxygen atoms in total. The smallest absolute Gasteiger partial charge is 0.332 e. The molecule has 0 unspecified atom stereocenters. The zero-order chi connectivity index (χ0) is 14.5. The van der Waals surface area contributed by atoms with Crippen molar-refractivity contribution in [2.45, 2.75) is 0 Å². The Labute approximate surface area is 117 Å². The van der Waals surface area contributed by atoms with Crippen LogP contribution in [0, 0.1) is 0 Å². The lowest BCUT2D eigenvalue weighted by molar-refractivity contribution is -0.157. The maximum absolute atomic E-state index is 11.2. The van der Waals surface area contributed by atoms with Gasteiger partial charge in [0.1, 0.15) is 26.4 Å². The number of carbonyl (C=O) groups excluding carboxylic acids is 2. The minimum absolute atomic E-state index is 0.135. The van der Waals surface area contributed by atoms with Crippen LogP contribution in [0.3, 0.4) is 0 Å². The van der Waals surface area contributed by atoms with Gasteiger partial charge in [0.05, 0.1) is 39.6 Å². The molecule has 0 aromatic rings. The van der Waals surface area contributed by atoms with Gasteiger partial charge in [0.2, 0.25) is 0 Å². The normalized spacial score (nSPS) is 22.2. The molecule has 0 spiro atoms. The van der Waals surface area contributed by atoms with Crippen LogP contribution in [0.5, 0.6) is 0 Å². The first-order valence-corrected chi connectivity index (χ1v) is 6.41. The first-order chi connectivity index (χ1) is 9.79. The number of rotatable bonds is 0. The van der Waals surface area contributed by atoms with Crippen molar-refractivity contribution >= 4 is 11.9 Å². The molecule has 1 saturated heterocycles. The molecule has 20 heavy (non-hydrogen) atoms. The van der Waals surface area contributed by atoms with Gasteiger partial charge in [-0.2, -0.15) is 0 Å². The van der Waals surface area contributed by atoms with Crippen LogP contribution in [0.1, 0.15) is 0 Å². The fourth-order valence-corrected chi connectivity index (χ4v) is 1.27. The summed E-state index contributed by atoms with van der Waals surface area (Å²) in [5, 5.41) is 0. The minimum Gasteiger partial charge on any atom is -0.462 e. The maximum atomic E-state index is 11.2. The van der Waals surface area contributed by atoms with Crippen LogP contribution >= 0.6 is 0 Å². The average Bonchev–Trinajstić information content (AvgIpc) is 2.43. The van der Waals surface area contributed by atoms with Gasteiger partial charge in [0.15, 0.2) is 0 Å². The van der Waals surface area contributed by atoms with E-state index in [-0.39, 0.29) is 39.6 Å². The van der Waals surface area contributed by atoms with Crippen molar-refractivity contribution in [3.05, 3.63) is 0 Å². The van der Waals surface area contributed by atoms with Crippen molar-refractivity contribution in [3.8, 4) is 0 Å². The third kappa shape index (κ3) is 9.68. The summed E-state index contributed by atoms with van der Waals surface area (Å²) in [4.78, 5) is 22.4. The standard InChI is InChI=1S/C12H20O8/c13-11-9-18-10-12(14)20-8-6-17-4-2-15-1-3-16-5-7-19-11/h1-10H2. The summed E-state index contributed by atoms with van der Waals surface area (Å²) in [6.45, 7) is 1.97. The van der Waals surface area contributed by atoms with Gasteiger partial charge in [-0.3, -0.25) is 0 Å². The van der Waals surface area contributed by atoms with Gasteiger partial charge >= 0.3 is 11.9 Å². The maximum Gasteiger partial charge on any atom is 0.332 e. The molecular weight excluding hydrogens is 272 g/mol. The van der Waals surface area contributed by atoms with Crippen molar-refractivity contribution < 1.29 is 38.0 Å². The molecule has 1 rings (SSSR count). The molecule has 0 amide bonds. The third-order valence-electron chi connectivity index (χ3n) is 2.17. The highest BCUT2D eigenvalue weighted by molar-refractivity contribution is 5.73. The Bertz CT molecular complexity index is 255. The number of esters is 2. The number of hydrogen-bond acceptors (Lipinski definition) is 8. The molecule has 0 N–H and O–H groups in total. The predicted octanol–water partition coefficient (Wildman–Crippen LogP) is -0.847. The molecule has 8 heteroatoms. The number of ether oxygens (including phenoxy) is 6. The fraction of sp³-hybridized carbons (Fsp3) is 0.833. The monoisotopic (exact) mass is 292 g/mol.